The average Bonchev–Trinajstić information content (AvgIpc) is 2.67. The number of carbonyl (C=O) groups is 2. The molecule has 0 fully saturated rings. The molecule has 0 radical (unpaired) electrons. The average molecular weight is 465 g/mol. The van der Waals surface area contributed by atoms with Crippen molar-refractivity contribution in [1.82, 2.24) is 10.8 Å². The van der Waals surface area contributed by atoms with Gasteiger partial charge in [-0.1, -0.05) is 11.6 Å². The Kier molecular flexibility index (Phi) is 7.74. The molecule has 2 rings (SSSR count). The summed E-state index contributed by atoms with van der Waals surface area (Å²) in [5.41, 5.74) is 6.53. The predicted octanol–water partition coefficient (Wildman–Crippen LogP) is 2.00. The quantitative estimate of drug-likeness (QED) is 0.179. The van der Waals surface area contributed by atoms with Gasteiger partial charge in [0.1, 0.15) is 11.8 Å². The molecule has 0 saturated carbocycles. The molecule has 2 atom stereocenters. The second-order valence-corrected chi connectivity index (χ2v) is 7.10. The lowest BCUT2D eigenvalue weighted by atomic mass is 9.98. The predicted molar refractivity (Wildman–Crippen MR) is 105 cm³/mol. The van der Waals surface area contributed by atoms with Gasteiger partial charge in [0.05, 0.1) is 5.57 Å². The fourth-order valence-corrected chi connectivity index (χ4v) is 3.19. The molecule has 1 aliphatic heterocycles. The Labute approximate surface area is 179 Å². The lowest BCUT2D eigenvalue weighted by Crippen LogP contribution is -2.47. The third-order valence-electron chi connectivity index (χ3n) is 4.31. The van der Waals surface area contributed by atoms with Gasteiger partial charge in [-0.05, 0) is 43.5 Å². The normalized spacial score (nSPS) is 17.2. The van der Waals surface area contributed by atoms with E-state index < -0.39 is 35.8 Å². The maximum atomic E-state index is 13.6. The van der Waals surface area contributed by atoms with Gasteiger partial charge in [0.25, 0.3) is 5.91 Å². The first-order chi connectivity index (χ1) is 14.4. The molecule has 6 N–H and O–H groups in total. The van der Waals surface area contributed by atoms with Crippen LogP contribution in [-0.4, -0.2) is 53.0 Å². The summed E-state index contributed by atoms with van der Waals surface area (Å²) in [5, 5.41) is 20.2. The highest BCUT2D eigenvalue weighted by molar-refractivity contribution is 6.30. The highest BCUT2D eigenvalue weighted by Gasteiger charge is 2.48. The fourth-order valence-electron chi connectivity index (χ4n) is 2.91. The van der Waals surface area contributed by atoms with Gasteiger partial charge >= 0.3 is 12.1 Å². The molecule has 0 aliphatic carbocycles. The summed E-state index contributed by atoms with van der Waals surface area (Å²) in [4.78, 5) is 27.7. The van der Waals surface area contributed by atoms with Crippen molar-refractivity contribution in [2.75, 3.05) is 6.54 Å². The van der Waals surface area contributed by atoms with Crippen LogP contribution in [0.15, 0.2) is 22.7 Å². The zero-order valence-corrected chi connectivity index (χ0v) is 16.9. The zero-order valence-electron chi connectivity index (χ0n) is 16.2. The summed E-state index contributed by atoms with van der Waals surface area (Å²) in [6, 6.07) is 1.29. The molecule has 9 nitrogen and oxygen atoms in total. The Morgan fingerprint density at radius 3 is 2.65 bits per heavy atom. The SMILES string of the molecule is Cc1cc(Cl)cc2c1O[C@H](C(F)(F)F)C(C(=O)NC(CCCN=C(N)NO)C(=O)O)=C2. The van der Waals surface area contributed by atoms with E-state index in [9.17, 15) is 27.9 Å². The number of aliphatic carboxylic acids is 1. The second-order valence-electron chi connectivity index (χ2n) is 6.67. The maximum Gasteiger partial charge on any atom is 0.429 e. The van der Waals surface area contributed by atoms with Crippen molar-refractivity contribution in [3.8, 4) is 5.75 Å². The van der Waals surface area contributed by atoms with Crippen LogP contribution in [0.5, 0.6) is 5.75 Å². The minimum atomic E-state index is -4.92. The molecule has 1 heterocycles. The minimum absolute atomic E-state index is 0.0151. The summed E-state index contributed by atoms with van der Waals surface area (Å²) in [5.74, 6) is -3.03. The summed E-state index contributed by atoms with van der Waals surface area (Å²) in [6.07, 6.45) is -6.53. The van der Waals surface area contributed by atoms with Crippen LogP contribution >= 0.6 is 11.6 Å². The van der Waals surface area contributed by atoms with Gasteiger partial charge < -0.3 is 20.9 Å². The number of halogens is 4. The molecule has 1 amide bonds. The van der Waals surface area contributed by atoms with E-state index in [1.165, 1.54) is 19.1 Å². The van der Waals surface area contributed by atoms with Gasteiger partial charge in [-0.15, -0.1) is 0 Å². The third kappa shape index (κ3) is 6.25. The van der Waals surface area contributed by atoms with Crippen molar-refractivity contribution in [3.05, 3.63) is 33.9 Å². The number of nitrogens with zero attached hydrogens (tertiary/aromatic N) is 1. The number of ether oxygens (including phenoxy) is 1. The van der Waals surface area contributed by atoms with Crippen LogP contribution in [0.25, 0.3) is 6.08 Å². The number of aryl methyl sites for hydroxylation is 1. The molecular formula is C18H20ClF3N4O5. The Morgan fingerprint density at radius 1 is 1.39 bits per heavy atom. The lowest BCUT2D eigenvalue weighted by Gasteiger charge is -2.30. The van der Waals surface area contributed by atoms with E-state index in [0.717, 1.165) is 6.08 Å². The molecule has 13 heteroatoms. The molecule has 0 aromatic heterocycles. The van der Waals surface area contributed by atoms with Crippen molar-refractivity contribution in [2.45, 2.75) is 38.1 Å². The van der Waals surface area contributed by atoms with Gasteiger partial charge in [0.2, 0.25) is 12.1 Å². The van der Waals surface area contributed by atoms with Crippen molar-refractivity contribution in [3.63, 3.8) is 0 Å². The summed E-state index contributed by atoms with van der Waals surface area (Å²) in [6.45, 7) is 1.53. The number of carboxylic acids is 1. The fraction of sp³-hybridized carbons (Fsp3) is 0.389. The molecule has 0 bridgehead atoms. The van der Waals surface area contributed by atoms with Crippen molar-refractivity contribution < 1.29 is 37.8 Å². The van der Waals surface area contributed by atoms with Crippen LogP contribution < -0.4 is 21.3 Å². The second kappa shape index (κ2) is 9.88. The van der Waals surface area contributed by atoms with Crippen LogP contribution in [0.1, 0.15) is 24.0 Å². The number of guanidine groups is 1. The summed E-state index contributed by atoms with van der Waals surface area (Å²) < 4.78 is 45.8. The van der Waals surface area contributed by atoms with E-state index in [0.29, 0.717) is 5.56 Å². The number of amides is 1. The van der Waals surface area contributed by atoms with Gasteiger partial charge in [0, 0.05) is 17.1 Å². The largest absolute Gasteiger partial charge is 0.480 e. The van der Waals surface area contributed by atoms with Crippen molar-refractivity contribution in [2.24, 2.45) is 10.7 Å². The number of rotatable bonds is 7. The van der Waals surface area contributed by atoms with E-state index in [1.54, 1.807) is 5.48 Å². The number of alkyl halides is 3. The third-order valence-corrected chi connectivity index (χ3v) is 4.53. The zero-order chi connectivity index (χ0) is 23.3. The molecule has 1 aromatic carbocycles. The standard InChI is InChI=1S/C18H20ClF3N4O5/c1-8-5-10(19)6-9-7-11(14(18(20,21)22)31-13(8)9)15(27)25-12(16(28)29)3-2-4-24-17(23)26-30/h5-7,12,14,30H,2-4H2,1H3,(H,25,27)(H,28,29)(H3,23,24,26)/t12?,14-/m0/s1. The number of benzene rings is 1. The Bertz CT molecular complexity index is 920. The molecule has 170 valence electrons. The topological polar surface area (TPSA) is 146 Å². The number of aliphatic imine (C=N–C) groups is 1. The van der Waals surface area contributed by atoms with Crippen LogP contribution in [0.3, 0.4) is 0 Å². The van der Waals surface area contributed by atoms with E-state index in [4.69, 9.17) is 27.3 Å². The summed E-state index contributed by atoms with van der Waals surface area (Å²) >= 11 is 5.94. The summed E-state index contributed by atoms with van der Waals surface area (Å²) in [7, 11) is 0. The minimum Gasteiger partial charge on any atom is -0.480 e. The first-order valence-corrected chi connectivity index (χ1v) is 9.30. The maximum absolute atomic E-state index is 13.6. The molecular weight excluding hydrogens is 445 g/mol. The highest BCUT2D eigenvalue weighted by Crippen LogP contribution is 2.40. The number of hydrogen-bond donors (Lipinski definition) is 5. The van der Waals surface area contributed by atoms with E-state index in [1.807, 2.05) is 0 Å². The van der Waals surface area contributed by atoms with Crippen LogP contribution in [0, 0.1) is 6.92 Å². The molecule has 0 saturated heterocycles. The number of fused-ring (bicyclic) bond motifs is 1. The first-order valence-electron chi connectivity index (χ1n) is 8.92. The number of nitrogens with one attached hydrogen (secondary N) is 2. The van der Waals surface area contributed by atoms with Gasteiger partial charge in [-0.2, -0.15) is 13.2 Å². The molecule has 1 unspecified atom stereocenters. The van der Waals surface area contributed by atoms with Crippen molar-refractivity contribution in [1.29, 1.82) is 0 Å². The van der Waals surface area contributed by atoms with E-state index in [2.05, 4.69) is 10.3 Å². The van der Waals surface area contributed by atoms with Crippen LogP contribution in [0.2, 0.25) is 5.02 Å². The number of nitrogens with two attached hydrogens (primary N) is 1. The van der Waals surface area contributed by atoms with Gasteiger partial charge in [0.15, 0.2) is 0 Å². The number of carbonyl (C=O) groups excluding carboxylic acids is 1. The highest BCUT2D eigenvalue weighted by atomic mass is 35.5. The van der Waals surface area contributed by atoms with Gasteiger partial charge in [-0.3, -0.25) is 15.0 Å². The lowest BCUT2D eigenvalue weighted by molar-refractivity contribution is -0.185. The smallest absolute Gasteiger partial charge is 0.429 e. The number of hydrogen-bond acceptors (Lipinski definition) is 5. The Balaban J connectivity index is 2.26. The van der Waals surface area contributed by atoms with Gasteiger partial charge in [-0.25, -0.2) is 10.3 Å². The Morgan fingerprint density at radius 2 is 2.06 bits per heavy atom. The van der Waals surface area contributed by atoms with Crippen molar-refractivity contribution >= 4 is 35.5 Å². The number of hydroxylamine groups is 1. The van der Waals surface area contributed by atoms with Crippen LogP contribution in [0.4, 0.5) is 13.2 Å². The molecule has 1 aliphatic rings. The Hall–Kier alpha value is -2.99. The first kappa shape index (κ1) is 24.3. The molecule has 1 aromatic rings. The molecule has 0 spiro atoms. The van der Waals surface area contributed by atoms with E-state index in [-0.39, 0.29) is 41.7 Å². The molecule has 31 heavy (non-hydrogen) atoms. The van der Waals surface area contributed by atoms with Crippen LogP contribution in [-0.2, 0) is 9.59 Å². The number of carboxylic acid groups (broad SMARTS) is 1. The van der Waals surface area contributed by atoms with E-state index >= 15 is 0 Å². The monoisotopic (exact) mass is 464 g/mol.